The summed E-state index contributed by atoms with van der Waals surface area (Å²) in [5.74, 6) is 0.475. The molecule has 1 unspecified atom stereocenters. The van der Waals surface area contributed by atoms with E-state index in [0.29, 0.717) is 25.5 Å². The number of H-pyrrole nitrogens is 1. The van der Waals surface area contributed by atoms with Crippen LogP contribution in [-0.4, -0.2) is 38.5 Å². The molecule has 0 fully saturated rings. The van der Waals surface area contributed by atoms with Gasteiger partial charge in [-0.1, -0.05) is 37.3 Å². The number of hydrogen-bond acceptors (Lipinski definition) is 4. The topological polar surface area (TPSA) is 60.6 Å². The number of rotatable bonds is 10. The maximum atomic E-state index is 12.4. The van der Waals surface area contributed by atoms with Crippen LogP contribution in [0.5, 0.6) is 5.88 Å². The molecule has 0 aliphatic carbocycles. The van der Waals surface area contributed by atoms with E-state index in [-0.39, 0.29) is 11.5 Å². The lowest BCUT2D eigenvalue weighted by Crippen LogP contribution is -2.26. The molecule has 2 rings (SSSR count). The number of aryl methyl sites for hydroxylation is 2. The van der Waals surface area contributed by atoms with Crippen molar-refractivity contribution < 1.29 is 14.2 Å². The van der Waals surface area contributed by atoms with E-state index in [0.717, 1.165) is 24.1 Å². The Morgan fingerprint density at radius 2 is 1.84 bits per heavy atom. The van der Waals surface area contributed by atoms with Gasteiger partial charge in [-0.2, -0.15) is 0 Å². The zero-order valence-corrected chi connectivity index (χ0v) is 15.2. The van der Waals surface area contributed by atoms with Gasteiger partial charge in [0.05, 0.1) is 6.61 Å². The molecular weight excluding hydrogens is 318 g/mol. The Hall–Kier alpha value is -2.11. The normalized spacial score (nSPS) is 12.1. The highest BCUT2D eigenvalue weighted by molar-refractivity contribution is 5.27. The van der Waals surface area contributed by atoms with Crippen LogP contribution in [-0.2, 0) is 28.7 Å². The van der Waals surface area contributed by atoms with Gasteiger partial charge >= 0.3 is 0 Å². The molecule has 0 spiro atoms. The Bertz CT molecular complexity index is 697. The highest BCUT2D eigenvalue weighted by atomic mass is 16.6. The van der Waals surface area contributed by atoms with Crippen LogP contribution in [0.2, 0.25) is 0 Å². The summed E-state index contributed by atoms with van der Waals surface area (Å²) in [6.45, 7) is 2.76. The van der Waals surface area contributed by atoms with Gasteiger partial charge in [0, 0.05) is 31.5 Å². The molecule has 136 valence electrons. The largest absolute Gasteiger partial charge is 0.476 e. The second-order valence-electron chi connectivity index (χ2n) is 5.92. The van der Waals surface area contributed by atoms with Gasteiger partial charge in [0.1, 0.15) is 12.7 Å². The van der Waals surface area contributed by atoms with Gasteiger partial charge in [0.2, 0.25) is 0 Å². The molecule has 0 saturated heterocycles. The van der Waals surface area contributed by atoms with E-state index in [1.165, 1.54) is 11.6 Å². The number of aromatic amines is 1. The first-order valence-corrected chi connectivity index (χ1v) is 8.61. The smallest absolute Gasteiger partial charge is 0.194 e. The fourth-order valence-corrected chi connectivity index (χ4v) is 2.76. The molecule has 0 aliphatic rings. The summed E-state index contributed by atoms with van der Waals surface area (Å²) in [6, 6.07) is 11.8. The van der Waals surface area contributed by atoms with Crippen LogP contribution in [0.1, 0.15) is 23.7 Å². The highest BCUT2D eigenvalue weighted by Crippen LogP contribution is 2.13. The number of methoxy groups -OCH3 is 2. The van der Waals surface area contributed by atoms with E-state index in [9.17, 15) is 4.79 Å². The lowest BCUT2D eigenvalue weighted by Gasteiger charge is -2.16. The first kappa shape index (κ1) is 19.2. The minimum atomic E-state index is -0.174. The molecule has 5 nitrogen and oxygen atoms in total. The Morgan fingerprint density at radius 1 is 1.08 bits per heavy atom. The van der Waals surface area contributed by atoms with Crippen LogP contribution < -0.4 is 10.2 Å². The van der Waals surface area contributed by atoms with Gasteiger partial charge in [-0.25, -0.2) is 0 Å². The molecule has 2 aromatic rings. The molecule has 1 heterocycles. The Balaban J connectivity index is 2.11. The highest BCUT2D eigenvalue weighted by Gasteiger charge is 2.12. The van der Waals surface area contributed by atoms with Crippen LogP contribution >= 0.6 is 0 Å². The maximum Gasteiger partial charge on any atom is 0.194 e. The summed E-state index contributed by atoms with van der Waals surface area (Å²) in [4.78, 5) is 15.7. The Morgan fingerprint density at radius 3 is 2.48 bits per heavy atom. The Labute approximate surface area is 148 Å². The van der Waals surface area contributed by atoms with Crippen molar-refractivity contribution in [2.24, 2.45) is 0 Å². The summed E-state index contributed by atoms with van der Waals surface area (Å²) < 4.78 is 16.1. The van der Waals surface area contributed by atoms with Gasteiger partial charge in [0.25, 0.3) is 0 Å². The van der Waals surface area contributed by atoms with Crippen molar-refractivity contribution in [3.05, 3.63) is 63.4 Å². The van der Waals surface area contributed by atoms with Crippen LogP contribution in [0.25, 0.3) is 0 Å². The van der Waals surface area contributed by atoms with Gasteiger partial charge in [-0.05, 0) is 24.8 Å². The van der Waals surface area contributed by atoms with Crippen LogP contribution in [0, 0.1) is 0 Å². The summed E-state index contributed by atoms with van der Waals surface area (Å²) >= 11 is 0. The summed E-state index contributed by atoms with van der Waals surface area (Å²) in [5.41, 5.74) is 3.02. The molecule has 0 bridgehead atoms. The lowest BCUT2D eigenvalue weighted by atomic mass is 10.0. The number of nitrogens with one attached hydrogen (secondary N) is 1. The monoisotopic (exact) mass is 345 g/mol. The van der Waals surface area contributed by atoms with E-state index in [4.69, 9.17) is 14.2 Å². The van der Waals surface area contributed by atoms with Gasteiger partial charge in [0.15, 0.2) is 11.3 Å². The number of aromatic nitrogens is 1. The van der Waals surface area contributed by atoms with Crippen molar-refractivity contribution in [1.29, 1.82) is 0 Å². The quantitative estimate of drug-likeness (QED) is 0.719. The molecule has 0 amide bonds. The first-order valence-electron chi connectivity index (χ1n) is 8.61. The minimum Gasteiger partial charge on any atom is -0.476 e. The van der Waals surface area contributed by atoms with Crippen molar-refractivity contribution in [3.8, 4) is 5.88 Å². The molecule has 0 radical (unpaired) electrons. The average molecular weight is 345 g/mol. The van der Waals surface area contributed by atoms with Gasteiger partial charge in [-0.3, -0.25) is 4.79 Å². The molecule has 1 aromatic carbocycles. The third kappa shape index (κ3) is 5.73. The predicted molar refractivity (Wildman–Crippen MR) is 98.5 cm³/mol. The minimum absolute atomic E-state index is 0.0139. The SMILES string of the molecule is CCc1c(CCc2ccccc2)[nH]c(OCC(COC)OC)cc1=O. The zero-order chi connectivity index (χ0) is 18.1. The molecule has 1 aromatic heterocycles. The number of pyridine rings is 1. The molecule has 1 N–H and O–H groups in total. The van der Waals surface area contributed by atoms with Crippen LogP contribution in [0.15, 0.2) is 41.2 Å². The third-order valence-corrected chi connectivity index (χ3v) is 4.17. The summed E-state index contributed by atoms with van der Waals surface area (Å²) in [5, 5.41) is 0. The van der Waals surface area contributed by atoms with Crippen LogP contribution in [0.3, 0.4) is 0 Å². The van der Waals surface area contributed by atoms with Crippen molar-refractivity contribution >= 4 is 0 Å². The number of benzene rings is 1. The molecule has 1 atom stereocenters. The molecule has 0 saturated carbocycles. The van der Waals surface area contributed by atoms with Gasteiger partial charge < -0.3 is 19.2 Å². The second kappa shape index (κ2) is 10.0. The van der Waals surface area contributed by atoms with Crippen molar-refractivity contribution in [3.63, 3.8) is 0 Å². The Kier molecular flexibility index (Phi) is 7.70. The fourth-order valence-electron chi connectivity index (χ4n) is 2.76. The standard InChI is InChI=1S/C20H27NO4/c1-4-17-18(11-10-15-8-6-5-7-9-15)21-20(12-19(17)22)25-14-16(24-3)13-23-2/h5-9,12,16H,4,10-11,13-14H2,1-3H3,(H,21,22). The average Bonchev–Trinajstić information content (AvgIpc) is 2.64. The number of ether oxygens (including phenoxy) is 3. The molecular formula is C20H27NO4. The third-order valence-electron chi connectivity index (χ3n) is 4.17. The van der Waals surface area contributed by atoms with E-state index in [2.05, 4.69) is 17.1 Å². The number of hydrogen-bond donors (Lipinski definition) is 1. The first-order chi connectivity index (χ1) is 12.2. The van der Waals surface area contributed by atoms with Gasteiger partial charge in [-0.15, -0.1) is 0 Å². The second-order valence-corrected chi connectivity index (χ2v) is 5.92. The molecule has 5 heteroatoms. The maximum absolute atomic E-state index is 12.4. The predicted octanol–water partition coefficient (Wildman–Crippen LogP) is 2.76. The molecule has 25 heavy (non-hydrogen) atoms. The van der Waals surface area contributed by atoms with Crippen molar-refractivity contribution in [2.45, 2.75) is 32.3 Å². The van der Waals surface area contributed by atoms with E-state index in [1.807, 2.05) is 25.1 Å². The van der Waals surface area contributed by atoms with Crippen LogP contribution in [0.4, 0.5) is 0 Å². The van der Waals surface area contributed by atoms with E-state index < -0.39 is 0 Å². The molecule has 0 aliphatic heterocycles. The van der Waals surface area contributed by atoms with Crippen molar-refractivity contribution in [1.82, 2.24) is 4.98 Å². The van der Waals surface area contributed by atoms with E-state index >= 15 is 0 Å². The zero-order valence-electron chi connectivity index (χ0n) is 15.2. The summed E-state index contributed by atoms with van der Waals surface area (Å²) in [7, 11) is 3.23. The van der Waals surface area contributed by atoms with Crippen molar-refractivity contribution in [2.75, 3.05) is 27.4 Å². The fraction of sp³-hybridized carbons (Fsp3) is 0.450. The summed E-state index contributed by atoms with van der Waals surface area (Å²) in [6.07, 6.45) is 2.17. The lowest BCUT2D eigenvalue weighted by molar-refractivity contribution is -0.0000986. The van der Waals surface area contributed by atoms with E-state index in [1.54, 1.807) is 14.2 Å².